The fourth-order valence-electron chi connectivity index (χ4n) is 1.79. The normalized spacial score (nSPS) is 10.9. The van der Waals surface area contributed by atoms with Crippen LogP contribution in [0.1, 0.15) is 21.5 Å². The zero-order chi connectivity index (χ0) is 12.3. The maximum Gasteiger partial charge on any atom is 0.185 e. The highest BCUT2D eigenvalue weighted by molar-refractivity contribution is 7.66. The van der Waals surface area contributed by atoms with Crippen molar-refractivity contribution in [3.8, 4) is 0 Å². The Balaban J connectivity index is 2.21. The van der Waals surface area contributed by atoms with Gasteiger partial charge in [0.1, 0.15) is 0 Å². The topological polar surface area (TPSA) is 17.1 Å². The molecule has 0 amide bonds. The lowest BCUT2D eigenvalue weighted by Gasteiger charge is -2.06. The predicted octanol–water partition coefficient (Wildman–Crippen LogP) is 3.45. The summed E-state index contributed by atoms with van der Waals surface area (Å²) >= 11 is 0. The van der Waals surface area contributed by atoms with Gasteiger partial charge in [-0.15, -0.1) is 0 Å². The van der Waals surface area contributed by atoms with E-state index in [4.69, 9.17) is 0 Å². The Bertz CT molecular complexity index is 532. The van der Waals surface area contributed by atoms with Crippen molar-refractivity contribution in [1.82, 2.24) is 0 Å². The van der Waals surface area contributed by atoms with E-state index in [0.29, 0.717) is 0 Å². The average Bonchev–Trinajstić information content (AvgIpc) is 2.30. The molecule has 0 saturated carbocycles. The molecule has 0 aromatic heterocycles. The molecular formula is C15H15OP. The van der Waals surface area contributed by atoms with Crippen molar-refractivity contribution in [2.24, 2.45) is 0 Å². The van der Waals surface area contributed by atoms with Crippen LogP contribution in [0.4, 0.5) is 0 Å². The number of hydrogen-bond acceptors (Lipinski definition) is 1. The van der Waals surface area contributed by atoms with Gasteiger partial charge >= 0.3 is 0 Å². The Morgan fingerprint density at radius 2 is 1.71 bits per heavy atom. The zero-order valence-electron chi connectivity index (χ0n) is 10.0. The van der Waals surface area contributed by atoms with Gasteiger partial charge in [0.25, 0.3) is 0 Å². The van der Waals surface area contributed by atoms with E-state index in [2.05, 4.69) is 6.07 Å². The molecule has 0 spiro atoms. The molecule has 1 nitrogen and oxygen atoms in total. The van der Waals surface area contributed by atoms with Crippen LogP contribution in [-0.4, -0.2) is 5.52 Å². The summed E-state index contributed by atoms with van der Waals surface area (Å²) in [4.78, 5) is 12.2. The molecule has 1 unspecified atom stereocenters. The Morgan fingerprint density at radius 1 is 1.00 bits per heavy atom. The minimum absolute atomic E-state index is 0.210. The summed E-state index contributed by atoms with van der Waals surface area (Å²) in [6, 6.07) is 15.9. The highest BCUT2D eigenvalue weighted by Gasteiger charge is 2.09. The van der Waals surface area contributed by atoms with Crippen molar-refractivity contribution >= 4 is 19.4 Å². The van der Waals surface area contributed by atoms with Crippen molar-refractivity contribution in [3.63, 3.8) is 0 Å². The van der Waals surface area contributed by atoms with Crippen molar-refractivity contribution in [2.75, 3.05) is 0 Å². The molecule has 0 fully saturated rings. The van der Waals surface area contributed by atoms with Gasteiger partial charge < -0.3 is 0 Å². The number of carbonyl (C=O) groups excluding carboxylic acids is 1. The first-order valence-electron chi connectivity index (χ1n) is 5.60. The van der Waals surface area contributed by atoms with Gasteiger partial charge in [0, 0.05) is 5.56 Å². The first kappa shape index (κ1) is 12.0. The predicted molar refractivity (Wildman–Crippen MR) is 74.6 cm³/mol. The van der Waals surface area contributed by atoms with E-state index in [9.17, 15) is 4.79 Å². The van der Waals surface area contributed by atoms with Crippen LogP contribution in [0.25, 0.3) is 0 Å². The second-order valence-electron chi connectivity index (χ2n) is 4.14. The van der Waals surface area contributed by atoms with E-state index in [1.54, 1.807) is 0 Å². The molecule has 1 atom stereocenters. The lowest BCUT2D eigenvalue weighted by molar-refractivity contribution is 0.108. The smallest absolute Gasteiger partial charge is 0.185 e. The molecule has 86 valence electrons. The number of benzene rings is 2. The van der Waals surface area contributed by atoms with Gasteiger partial charge in [0.15, 0.2) is 5.52 Å². The number of aryl methyl sites for hydroxylation is 2. The summed E-state index contributed by atoms with van der Waals surface area (Å²) in [7, 11) is 0.210. The third-order valence-corrected chi connectivity index (χ3v) is 3.78. The van der Waals surface area contributed by atoms with Gasteiger partial charge in [-0.3, -0.25) is 4.79 Å². The molecule has 0 heterocycles. The van der Waals surface area contributed by atoms with Crippen molar-refractivity contribution in [3.05, 3.63) is 65.2 Å². The molecule has 17 heavy (non-hydrogen) atoms. The van der Waals surface area contributed by atoms with Gasteiger partial charge in [-0.05, 0) is 33.3 Å². The third-order valence-electron chi connectivity index (χ3n) is 2.66. The van der Waals surface area contributed by atoms with Gasteiger partial charge in [0.2, 0.25) is 0 Å². The van der Waals surface area contributed by atoms with E-state index >= 15 is 0 Å². The van der Waals surface area contributed by atoms with E-state index in [-0.39, 0.29) is 14.1 Å². The second-order valence-corrected chi connectivity index (χ2v) is 5.42. The highest BCUT2D eigenvalue weighted by atomic mass is 31.1. The van der Waals surface area contributed by atoms with E-state index in [0.717, 1.165) is 16.4 Å². The average molecular weight is 242 g/mol. The number of rotatable bonds is 3. The molecule has 2 rings (SSSR count). The summed E-state index contributed by atoms with van der Waals surface area (Å²) < 4.78 is 0. The fourth-order valence-corrected chi connectivity index (χ4v) is 2.82. The van der Waals surface area contributed by atoms with Crippen LogP contribution >= 0.6 is 8.58 Å². The molecule has 2 aromatic rings. The van der Waals surface area contributed by atoms with Gasteiger partial charge in [0.05, 0.1) is 0 Å². The van der Waals surface area contributed by atoms with Crippen LogP contribution in [0.15, 0.2) is 48.5 Å². The van der Waals surface area contributed by atoms with Gasteiger partial charge in [-0.1, -0.05) is 54.1 Å². The largest absolute Gasteiger partial charge is 0.289 e. The summed E-state index contributed by atoms with van der Waals surface area (Å²) in [5, 5.41) is 1.09. The van der Waals surface area contributed by atoms with Gasteiger partial charge in [-0.25, -0.2) is 0 Å². The number of carbonyl (C=O) groups is 1. The van der Waals surface area contributed by atoms with E-state index in [1.165, 1.54) is 5.56 Å². The van der Waals surface area contributed by atoms with Crippen LogP contribution in [0, 0.1) is 13.8 Å². The summed E-state index contributed by atoms with van der Waals surface area (Å²) in [6.45, 7) is 4.04. The van der Waals surface area contributed by atoms with Crippen molar-refractivity contribution in [1.29, 1.82) is 0 Å². The Hall–Kier alpha value is -1.46. The fraction of sp³-hybridized carbons (Fsp3) is 0.133. The van der Waals surface area contributed by atoms with E-state index < -0.39 is 0 Å². The standard InChI is InChI=1S/C15H15OP/c1-11-8-9-14(12(2)10-11)15(16)17-13-6-4-3-5-7-13/h3-10,17H,1-2H3. The molecule has 0 aliphatic heterocycles. The molecule has 2 heteroatoms. The van der Waals surface area contributed by atoms with Crippen LogP contribution in [-0.2, 0) is 0 Å². The summed E-state index contributed by atoms with van der Waals surface area (Å²) in [6.07, 6.45) is 0. The van der Waals surface area contributed by atoms with Crippen LogP contribution in [0.5, 0.6) is 0 Å². The molecule has 0 radical (unpaired) electrons. The lowest BCUT2D eigenvalue weighted by atomic mass is 10.1. The lowest BCUT2D eigenvalue weighted by Crippen LogP contribution is -2.02. The Morgan fingerprint density at radius 3 is 2.35 bits per heavy atom. The first-order valence-corrected chi connectivity index (χ1v) is 6.60. The summed E-state index contributed by atoms with van der Waals surface area (Å²) in [5.41, 5.74) is 3.33. The van der Waals surface area contributed by atoms with Crippen LogP contribution < -0.4 is 5.30 Å². The van der Waals surface area contributed by atoms with Crippen LogP contribution in [0.2, 0.25) is 0 Å². The SMILES string of the molecule is Cc1ccc(C(=O)Pc2ccccc2)c(C)c1. The second kappa shape index (κ2) is 5.25. The Kier molecular flexibility index (Phi) is 3.71. The summed E-state index contributed by atoms with van der Waals surface area (Å²) in [5.74, 6) is 0. The monoisotopic (exact) mass is 242 g/mol. The molecule has 0 aliphatic rings. The minimum atomic E-state index is 0.210. The van der Waals surface area contributed by atoms with Crippen molar-refractivity contribution < 1.29 is 4.79 Å². The Labute approximate surface area is 104 Å². The molecule has 0 aliphatic carbocycles. The highest BCUT2D eigenvalue weighted by Crippen LogP contribution is 2.21. The maximum absolute atomic E-state index is 12.2. The maximum atomic E-state index is 12.2. The van der Waals surface area contributed by atoms with Crippen LogP contribution in [0.3, 0.4) is 0 Å². The van der Waals surface area contributed by atoms with E-state index in [1.807, 2.05) is 56.3 Å². The molecule has 0 N–H and O–H groups in total. The minimum Gasteiger partial charge on any atom is -0.289 e. The molecule has 0 bridgehead atoms. The van der Waals surface area contributed by atoms with Crippen molar-refractivity contribution in [2.45, 2.75) is 13.8 Å². The first-order chi connectivity index (χ1) is 8.16. The third kappa shape index (κ3) is 3.01. The quantitative estimate of drug-likeness (QED) is 0.753. The molecular weight excluding hydrogens is 227 g/mol. The van der Waals surface area contributed by atoms with Gasteiger partial charge in [-0.2, -0.15) is 0 Å². The molecule has 2 aromatic carbocycles. The number of hydrogen-bond donors (Lipinski definition) is 0. The zero-order valence-corrected chi connectivity index (χ0v) is 11.0. The molecule has 0 saturated heterocycles.